The van der Waals surface area contributed by atoms with Gasteiger partial charge in [-0.05, 0) is 36.6 Å². The molecule has 6 nitrogen and oxygen atoms in total. The van der Waals surface area contributed by atoms with Gasteiger partial charge in [-0.1, -0.05) is 30.1 Å². The first kappa shape index (κ1) is 15.8. The summed E-state index contributed by atoms with van der Waals surface area (Å²) in [7, 11) is 1.65. The third-order valence-electron chi connectivity index (χ3n) is 4.78. The maximum Gasteiger partial charge on any atom is 0.259 e. The van der Waals surface area contributed by atoms with E-state index in [0.717, 1.165) is 48.1 Å². The highest BCUT2D eigenvalue weighted by molar-refractivity contribution is 5.68. The minimum atomic E-state index is -0.456. The number of benzene rings is 1. The second kappa shape index (κ2) is 6.29. The molecule has 0 aliphatic heterocycles. The molecular formula is C19H20N4O2. The SMILES string of the molecule is COc1ccc(-c2cncc(-c3nc(C4(N)CCCC4)no3)c2)cc1. The Morgan fingerprint density at radius 2 is 1.76 bits per heavy atom. The van der Waals surface area contributed by atoms with E-state index in [2.05, 4.69) is 15.1 Å². The van der Waals surface area contributed by atoms with Gasteiger partial charge in [-0.25, -0.2) is 0 Å². The molecule has 3 aromatic rings. The Hall–Kier alpha value is -2.73. The first-order valence-electron chi connectivity index (χ1n) is 8.41. The molecule has 1 saturated carbocycles. The largest absolute Gasteiger partial charge is 0.497 e. The van der Waals surface area contributed by atoms with E-state index in [9.17, 15) is 0 Å². The monoisotopic (exact) mass is 336 g/mol. The van der Waals surface area contributed by atoms with Gasteiger partial charge >= 0.3 is 0 Å². The number of methoxy groups -OCH3 is 1. The topological polar surface area (TPSA) is 87.1 Å². The summed E-state index contributed by atoms with van der Waals surface area (Å²) in [5.41, 5.74) is 8.76. The lowest BCUT2D eigenvalue weighted by Gasteiger charge is -2.17. The number of aromatic nitrogens is 3. The van der Waals surface area contributed by atoms with E-state index in [-0.39, 0.29) is 0 Å². The maximum atomic E-state index is 6.41. The van der Waals surface area contributed by atoms with Crippen molar-refractivity contribution in [2.75, 3.05) is 7.11 Å². The van der Waals surface area contributed by atoms with E-state index < -0.39 is 5.54 Å². The molecule has 25 heavy (non-hydrogen) atoms. The van der Waals surface area contributed by atoms with Crippen molar-refractivity contribution in [1.82, 2.24) is 15.1 Å². The summed E-state index contributed by atoms with van der Waals surface area (Å²) in [6, 6.07) is 9.82. The van der Waals surface area contributed by atoms with Gasteiger partial charge in [0.15, 0.2) is 5.82 Å². The zero-order chi connectivity index (χ0) is 17.3. The molecule has 0 atom stereocenters. The third-order valence-corrected chi connectivity index (χ3v) is 4.78. The highest BCUT2D eigenvalue weighted by Gasteiger charge is 2.36. The molecular weight excluding hydrogens is 316 g/mol. The van der Waals surface area contributed by atoms with Crippen LogP contribution in [0.5, 0.6) is 5.75 Å². The van der Waals surface area contributed by atoms with Gasteiger partial charge in [0.1, 0.15) is 5.75 Å². The summed E-state index contributed by atoms with van der Waals surface area (Å²) < 4.78 is 10.7. The van der Waals surface area contributed by atoms with Crippen molar-refractivity contribution in [3.63, 3.8) is 0 Å². The Labute approximate surface area is 146 Å². The van der Waals surface area contributed by atoms with Gasteiger partial charge in [0.25, 0.3) is 5.89 Å². The summed E-state index contributed by atoms with van der Waals surface area (Å²) >= 11 is 0. The molecule has 1 aliphatic rings. The quantitative estimate of drug-likeness (QED) is 0.784. The number of pyridine rings is 1. The van der Waals surface area contributed by atoms with Crippen LogP contribution in [0.25, 0.3) is 22.6 Å². The number of hydrogen-bond acceptors (Lipinski definition) is 6. The fourth-order valence-corrected chi connectivity index (χ4v) is 3.27. The van der Waals surface area contributed by atoms with Crippen molar-refractivity contribution in [2.45, 2.75) is 31.2 Å². The Kier molecular flexibility index (Phi) is 3.97. The van der Waals surface area contributed by atoms with Gasteiger partial charge < -0.3 is 15.0 Å². The second-order valence-electron chi connectivity index (χ2n) is 6.48. The van der Waals surface area contributed by atoms with E-state index in [1.165, 1.54) is 0 Å². The molecule has 1 fully saturated rings. The predicted octanol–water partition coefficient (Wildman–Crippen LogP) is 3.54. The summed E-state index contributed by atoms with van der Waals surface area (Å²) in [6.45, 7) is 0. The number of nitrogens with two attached hydrogens (primary N) is 1. The predicted molar refractivity (Wildman–Crippen MR) is 93.9 cm³/mol. The smallest absolute Gasteiger partial charge is 0.259 e. The molecule has 0 spiro atoms. The van der Waals surface area contributed by atoms with Crippen LogP contribution in [0.3, 0.4) is 0 Å². The van der Waals surface area contributed by atoms with E-state index in [4.69, 9.17) is 15.0 Å². The first-order chi connectivity index (χ1) is 12.2. The summed E-state index contributed by atoms with van der Waals surface area (Å²) in [4.78, 5) is 8.85. The number of ether oxygens (including phenoxy) is 1. The molecule has 0 amide bonds. The van der Waals surface area contributed by atoms with Crippen LogP contribution in [0.2, 0.25) is 0 Å². The van der Waals surface area contributed by atoms with Crippen molar-refractivity contribution in [3.8, 4) is 28.3 Å². The molecule has 6 heteroatoms. The van der Waals surface area contributed by atoms with Crippen LogP contribution in [-0.4, -0.2) is 22.2 Å². The van der Waals surface area contributed by atoms with E-state index in [1.54, 1.807) is 13.3 Å². The Morgan fingerprint density at radius 3 is 2.48 bits per heavy atom. The Bertz CT molecular complexity index is 867. The first-order valence-corrected chi connectivity index (χ1v) is 8.41. The summed E-state index contributed by atoms with van der Waals surface area (Å²) in [5.74, 6) is 1.86. The van der Waals surface area contributed by atoms with Crippen LogP contribution in [-0.2, 0) is 5.54 Å². The molecule has 0 radical (unpaired) electrons. The van der Waals surface area contributed by atoms with Crippen molar-refractivity contribution >= 4 is 0 Å². The number of nitrogens with zero attached hydrogens (tertiary/aromatic N) is 3. The average molecular weight is 336 g/mol. The van der Waals surface area contributed by atoms with Crippen LogP contribution in [0.4, 0.5) is 0 Å². The molecule has 0 bridgehead atoms. The van der Waals surface area contributed by atoms with Gasteiger partial charge in [-0.3, -0.25) is 4.98 Å². The van der Waals surface area contributed by atoms with Crippen molar-refractivity contribution in [1.29, 1.82) is 0 Å². The molecule has 1 aromatic carbocycles. The van der Waals surface area contributed by atoms with Gasteiger partial charge in [0, 0.05) is 18.0 Å². The summed E-state index contributed by atoms with van der Waals surface area (Å²) in [5, 5.41) is 4.12. The van der Waals surface area contributed by atoms with Gasteiger partial charge in [0.2, 0.25) is 0 Å². The standard InChI is InChI=1S/C19H20N4O2/c1-24-16-6-4-13(5-7-16)14-10-15(12-21-11-14)17-22-18(23-25-17)19(20)8-2-3-9-19/h4-7,10-12H,2-3,8-9,20H2,1H3. The van der Waals surface area contributed by atoms with Crippen molar-refractivity contribution in [2.24, 2.45) is 5.73 Å². The van der Waals surface area contributed by atoms with Crippen molar-refractivity contribution in [3.05, 3.63) is 48.5 Å². The lowest BCUT2D eigenvalue weighted by Crippen LogP contribution is -2.34. The minimum absolute atomic E-state index is 0.453. The lowest BCUT2D eigenvalue weighted by molar-refractivity contribution is 0.372. The van der Waals surface area contributed by atoms with Crippen LogP contribution >= 0.6 is 0 Å². The Morgan fingerprint density at radius 1 is 1.04 bits per heavy atom. The highest BCUT2D eigenvalue weighted by Crippen LogP contribution is 2.35. The molecule has 2 aromatic heterocycles. The molecule has 2 heterocycles. The number of rotatable bonds is 4. The van der Waals surface area contributed by atoms with E-state index in [0.29, 0.717) is 11.7 Å². The molecule has 128 valence electrons. The van der Waals surface area contributed by atoms with Crippen LogP contribution in [0, 0.1) is 0 Å². The zero-order valence-corrected chi connectivity index (χ0v) is 14.1. The van der Waals surface area contributed by atoms with Gasteiger partial charge in [-0.15, -0.1) is 0 Å². The minimum Gasteiger partial charge on any atom is -0.497 e. The molecule has 4 rings (SSSR count). The molecule has 0 saturated heterocycles. The highest BCUT2D eigenvalue weighted by atomic mass is 16.5. The lowest BCUT2D eigenvalue weighted by atomic mass is 9.98. The molecule has 0 unspecified atom stereocenters. The van der Waals surface area contributed by atoms with Gasteiger partial charge in [0.05, 0.1) is 18.2 Å². The number of hydrogen-bond donors (Lipinski definition) is 1. The van der Waals surface area contributed by atoms with Gasteiger partial charge in [-0.2, -0.15) is 4.98 Å². The average Bonchev–Trinajstić information content (AvgIpc) is 3.32. The molecule has 1 aliphatic carbocycles. The van der Waals surface area contributed by atoms with E-state index in [1.807, 2.05) is 36.5 Å². The van der Waals surface area contributed by atoms with Crippen LogP contribution < -0.4 is 10.5 Å². The summed E-state index contributed by atoms with van der Waals surface area (Å²) in [6.07, 6.45) is 7.54. The second-order valence-corrected chi connectivity index (χ2v) is 6.48. The van der Waals surface area contributed by atoms with Crippen LogP contribution in [0.15, 0.2) is 47.2 Å². The third kappa shape index (κ3) is 3.00. The van der Waals surface area contributed by atoms with Crippen LogP contribution in [0.1, 0.15) is 31.5 Å². The fraction of sp³-hybridized carbons (Fsp3) is 0.316. The zero-order valence-electron chi connectivity index (χ0n) is 14.1. The molecule has 2 N–H and O–H groups in total. The Balaban J connectivity index is 1.64. The fourth-order valence-electron chi connectivity index (χ4n) is 3.27. The van der Waals surface area contributed by atoms with Crippen molar-refractivity contribution < 1.29 is 9.26 Å². The van der Waals surface area contributed by atoms with E-state index >= 15 is 0 Å². The normalized spacial score (nSPS) is 16.1. The maximum absolute atomic E-state index is 6.41.